The number of nitrogens with zero attached hydrogens (tertiary/aromatic N) is 3. The smallest absolute Gasteiger partial charge is 0.230 e. The lowest BCUT2D eigenvalue weighted by atomic mass is 10.2. The first-order chi connectivity index (χ1) is 11.6. The molecule has 0 saturated heterocycles. The van der Waals surface area contributed by atoms with Gasteiger partial charge in [0.2, 0.25) is 5.88 Å². The molecule has 6 nitrogen and oxygen atoms in total. The molecule has 0 aliphatic carbocycles. The van der Waals surface area contributed by atoms with E-state index in [1.807, 2.05) is 13.0 Å². The van der Waals surface area contributed by atoms with Gasteiger partial charge in [0.1, 0.15) is 11.3 Å². The zero-order valence-corrected chi connectivity index (χ0v) is 14.0. The molecule has 120 valence electrons. The molecule has 0 fully saturated rings. The predicted molar refractivity (Wildman–Crippen MR) is 93.9 cm³/mol. The molecule has 3 heterocycles. The number of benzene rings is 1. The number of aromatic nitrogens is 4. The number of aromatic amines is 1. The highest BCUT2D eigenvalue weighted by molar-refractivity contribution is 6.39. The van der Waals surface area contributed by atoms with Crippen molar-refractivity contribution in [3.63, 3.8) is 0 Å². The van der Waals surface area contributed by atoms with Crippen LogP contribution in [0.4, 0.5) is 11.7 Å². The number of pyridine rings is 1. The van der Waals surface area contributed by atoms with E-state index >= 15 is 0 Å². The topological polar surface area (TPSA) is 79.6 Å². The monoisotopic (exact) mass is 359 g/mol. The Kier molecular flexibility index (Phi) is 3.63. The quantitative estimate of drug-likeness (QED) is 0.539. The number of anilines is 2. The van der Waals surface area contributed by atoms with Gasteiger partial charge in [0, 0.05) is 12.3 Å². The summed E-state index contributed by atoms with van der Waals surface area (Å²) in [4.78, 5) is 12.1. The van der Waals surface area contributed by atoms with Crippen LogP contribution in [-0.4, -0.2) is 20.1 Å². The zero-order valence-electron chi connectivity index (χ0n) is 12.5. The molecule has 0 radical (unpaired) electrons. The first-order valence-corrected chi connectivity index (χ1v) is 7.87. The summed E-state index contributed by atoms with van der Waals surface area (Å²) in [7, 11) is 0. The first-order valence-electron chi connectivity index (χ1n) is 7.11. The fraction of sp³-hybridized carbons (Fsp3) is 0.0625. The second-order valence-corrected chi connectivity index (χ2v) is 6.01. The molecule has 0 aliphatic rings. The van der Waals surface area contributed by atoms with E-state index in [9.17, 15) is 0 Å². The van der Waals surface area contributed by atoms with Gasteiger partial charge in [0.15, 0.2) is 5.82 Å². The Balaban J connectivity index is 1.82. The second-order valence-electron chi connectivity index (χ2n) is 5.20. The molecular weight excluding hydrogens is 349 g/mol. The Morgan fingerprint density at radius 2 is 1.96 bits per heavy atom. The summed E-state index contributed by atoms with van der Waals surface area (Å²) in [6, 6.07) is 8.93. The molecular formula is C16H11Cl2N5O. The van der Waals surface area contributed by atoms with E-state index in [4.69, 9.17) is 27.7 Å². The second kappa shape index (κ2) is 5.81. The molecule has 0 bridgehead atoms. The molecule has 0 spiro atoms. The van der Waals surface area contributed by atoms with E-state index in [-0.39, 0.29) is 0 Å². The van der Waals surface area contributed by atoms with Crippen LogP contribution in [0.3, 0.4) is 0 Å². The summed E-state index contributed by atoms with van der Waals surface area (Å²) >= 11 is 12.5. The Bertz CT molecular complexity index is 1020. The third-order valence-corrected chi connectivity index (χ3v) is 4.10. The van der Waals surface area contributed by atoms with Crippen LogP contribution in [0.15, 0.2) is 41.1 Å². The lowest BCUT2D eigenvalue weighted by Crippen LogP contribution is -1.93. The van der Waals surface area contributed by atoms with Gasteiger partial charge in [-0.1, -0.05) is 34.4 Å². The molecule has 3 aromatic heterocycles. The van der Waals surface area contributed by atoms with Gasteiger partial charge in [-0.25, -0.2) is 9.97 Å². The van der Waals surface area contributed by atoms with Crippen LogP contribution in [0.2, 0.25) is 10.0 Å². The Hall–Kier alpha value is -2.57. The molecule has 4 aromatic rings. The SMILES string of the molecule is Cc1cc(Nc2nccc3[nH]c(-c4c(Cl)cccc4Cl)nc23)on1. The van der Waals surface area contributed by atoms with E-state index in [2.05, 4.69) is 25.4 Å². The minimum absolute atomic E-state index is 0.493. The summed E-state index contributed by atoms with van der Waals surface area (Å²) < 4.78 is 5.17. The summed E-state index contributed by atoms with van der Waals surface area (Å²) in [6.45, 7) is 1.84. The molecule has 0 unspecified atom stereocenters. The molecule has 2 N–H and O–H groups in total. The van der Waals surface area contributed by atoms with Crippen molar-refractivity contribution in [1.82, 2.24) is 20.1 Å². The summed E-state index contributed by atoms with van der Waals surface area (Å²) in [5.74, 6) is 1.62. The number of hydrogen-bond donors (Lipinski definition) is 2. The number of rotatable bonds is 3. The number of H-pyrrole nitrogens is 1. The third kappa shape index (κ3) is 2.60. The lowest BCUT2D eigenvalue weighted by molar-refractivity contribution is 0.430. The van der Waals surface area contributed by atoms with Crippen molar-refractivity contribution in [2.45, 2.75) is 6.92 Å². The largest absolute Gasteiger partial charge is 0.338 e. The van der Waals surface area contributed by atoms with Crippen molar-refractivity contribution >= 4 is 45.9 Å². The van der Waals surface area contributed by atoms with Crippen LogP contribution in [0.1, 0.15) is 5.69 Å². The lowest BCUT2D eigenvalue weighted by Gasteiger charge is -2.02. The number of halogens is 2. The highest BCUT2D eigenvalue weighted by Gasteiger charge is 2.15. The maximum absolute atomic E-state index is 6.26. The van der Waals surface area contributed by atoms with Crippen LogP contribution >= 0.6 is 23.2 Å². The van der Waals surface area contributed by atoms with Gasteiger partial charge in [-0.2, -0.15) is 0 Å². The molecule has 24 heavy (non-hydrogen) atoms. The minimum atomic E-state index is 0.493. The normalized spacial score (nSPS) is 11.1. The molecule has 0 atom stereocenters. The highest BCUT2D eigenvalue weighted by Crippen LogP contribution is 2.35. The summed E-state index contributed by atoms with van der Waals surface area (Å²) in [5, 5.41) is 7.96. The van der Waals surface area contributed by atoms with Crippen molar-refractivity contribution in [2.24, 2.45) is 0 Å². The number of nitrogens with one attached hydrogen (secondary N) is 2. The maximum atomic E-state index is 6.26. The standard InChI is InChI=1S/C16H11Cl2N5O/c1-8-7-12(24-23-8)21-16-14-11(5-6-19-16)20-15(22-14)13-9(17)3-2-4-10(13)18/h2-7H,1H3,(H,19,21)(H,20,22). The van der Waals surface area contributed by atoms with Crippen LogP contribution in [0.5, 0.6) is 0 Å². The van der Waals surface area contributed by atoms with Gasteiger partial charge in [-0.15, -0.1) is 0 Å². The van der Waals surface area contributed by atoms with Gasteiger partial charge in [0.25, 0.3) is 0 Å². The molecule has 4 rings (SSSR count). The molecule has 1 aromatic carbocycles. The van der Waals surface area contributed by atoms with Gasteiger partial charge >= 0.3 is 0 Å². The van der Waals surface area contributed by atoms with E-state index in [1.54, 1.807) is 30.5 Å². The van der Waals surface area contributed by atoms with Gasteiger partial charge in [0.05, 0.1) is 26.8 Å². The van der Waals surface area contributed by atoms with Crippen LogP contribution in [0.25, 0.3) is 22.4 Å². The minimum Gasteiger partial charge on any atom is -0.338 e. The fourth-order valence-corrected chi connectivity index (χ4v) is 2.98. The molecule has 0 saturated carbocycles. The van der Waals surface area contributed by atoms with E-state index < -0.39 is 0 Å². The number of aryl methyl sites for hydroxylation is 1. The van der Waals surface area contributed by atoms with Gasteiger partial charge < -0.3 is 14.8 Å². The Morgan fingerprint density at radius 1 is 1.17 bits per heavy atom. The van der Waals surface area contributed by atoms with Crippen molar-refractivity contribution in [1.29, 1.82) is 0 Å². The van der Waals surface area contributed by atoms with Crippen LogP contribution in [0, 0.1) is 6.92 Å². The van der Waals surface area contributed by atoms with Crippen LogP contribution in [-0.2, 0) is 0 Å². The molecule has 8 heteroatoms. The average Bonchev–Trinajstić information content (AvgIpc) is 3.14. The third-order valence-electron chi connectivity index (χ3n) is 3.47. The number of hydrogen-bond acceptors (Lipinski definition) is 5. The number of imidazole rings is 1. The van der Waals surface area contributed by atoms with Gasteiger partial charge in [-0.3, -0.25) is 0 Å². The zero-order chi connectivity index (χ0) is 16.7. The highest BCUT2D eigenvalue weighted by atomic mass is 35.5. The van der Waals surface area contributed by atoms with Crippen molar-refractivity contribution < 1.29 is 4.52 Å². The maximum Gasteiger partial charge on any atom is 0.230 e. The van der Waals surface area contributed by atoms with E-state index in [0.29, 0.717) is 38.7 Å². The fourth-order valence-electron chi connectivity index (χ4n) is 2.41. The van der Waals surface area contributed by atoms with Gasteiger partial charge in [-0.05, 0) is 25.1 Å². The van der Waals surface area contributed by atoms with Crippen molar-refractivity contribution in [3.05, 3.63) is 52.3 Å². The molecule has 0 aliphatic heterocycles. The predicted octanol–water partition coefficient (Wildman–Crippen LogP) is 4.97. The van der Waals surface area contributed by atoms with Crippen molar-refractivity contribution in [2.75, 3.05) is 5.32 Å². The average molecular weight is 360 g/mol. The van der Waals surface area contributed by atoms with E-state index in [1.165, 1.54) is 0 Å². The first kappa shape index (κ1) is 15.0. The Morgan fingerprint density at radius 3 is 2.67 bits per heavy atom. The van der Waals surface area contributed by atoms with Crippen molar-refractivity contribution in [3.8, 4) is 11.4 Å². The van der Waals surface area contributed by atoms with Crippen LogP contribution < -0.4 is 5.32 Å². The number of fused-ring (bicyclic) bond motifs is 1. The Labute approximate surface area is 146 Å². The molecule has 0 amide bonds. The van der Waals surface area contributed by atoms with E-state index in [0.717, 1.165) is 11.2 Å². The summed E-state index contributed by atoms with van der Waals surface area (Å²) in [6.07, 6.45) is 1.67. The summed E-state index contributed by atoms with van der Waals surface area (Å²) in [5.41, 5.74) is 2.88.